The Labute approximate surface area is 325 Å². The first-order valence-corrected chi connectivity index (χ1v) is 23.3. The fourth-order valence-corrected chi connectivity index (χ4v) is 6.81. The highest BCUT2D eigenvalue weighted by molar-refractivity contribution is 7.47. The van der Waals surface area contributed by atoms with Crippen LogP contribution in [0.1, 0.15) is 200 Å². The zero-order chi connectivity index (χ0) is 38.9. The van der Waals surface area contributed by atoms with E-state index in [2.05, 4.69) is 38.2 Å². The van der Waals surface area contributed by atoms with E-state index in [1.54, 1.807) is 0 Å². The van der Waals surface area contributed by atoms with Gasteiger partial charge in [-0.3, -0.25) is 13.8 Å². The van der Waals surface area contributed by atoms with Crippen molar-refractivity contribution < 1.29 is 43.0 Å². The highest BCUT2D eigenvalue weighted by Crippen LogP contribution is 2.43. The van der Waals surface area contributed by atoms with Crippen LogP contribution in [0.25, 0.3) is 0 Å². The van der Waals surface area contributed by atoms with Crippen LogP contribution < -0.4 is 0 Å². The van der Waals surface area contributed by atoms with Gasteiger partial charge in [-0.15, -0.1) is 0 Å². The average Bonchev–Trinajstić information content (AvgIpc) is 3.15. The number of phosphoric acid groups is 1. The van der Waals surface area contributed by atoms with Crippen molar-refractivity contribution >= 4 is 13.8 Å². The van der Waals surface area contributed by atoms with Gasteiger partial charge < -0.3 is 24.6 Å². The Morgan fingerprint density at radius 3 is 1.57 bits per heavy atom. The second kappa shape index (κ2) is 40.6. The number of hydrogen-bond donors (Lipinski definition) is 3. The normalized spacial score (nSPS) is 14.3. The first-order chi connectivity index (χ1) is 25.8. The smallest absolute Gasteiger partial charge is 0.457 e. The van der Waals surface area contributed by atoms with E-state index in [-0.39, 0.29) is 25.6 Å². The minimum atomic E-state index is -4.52. The maximum absolute atomic E-state index is 12.6. The number of aliphatic hydroxyl groups is 2. The van der Waals surface area contributed by atoms with Crippen molar-refractivity contribution in [2.45, 2.75) is 212 Å². The fraction of sp³-hybridized carbons (Fsp3) is 0.884. The molecule has 0 fully saturated rings. The largest absolute Gasteiger partial charge is 0.472 e. The van der Waals surface area contributed by atoms with Crippen LogP contribution in [0.3, 0.4) is 0 Å². The summed E-state index contributed by atoms with van der Waals surface area (Å²) < 4.78 is 33.4. The van der Waals surface area contributed by atoms with Gasteiger partial charge >= 0.3 is 13.8 Å². The molecule has 0 aromatic rings. The molecule has 53 heavy (non-hydrogen) atoms. The quantitative estimate of drug-likeness (QED) is 0.0240. The average molecular weight is 775 g/mol. The lowest BCUT2D eigenvalue weighted by Gasteiger charge is -2.20. The topological polar surface area (TPSA) is 132 Å². The molecule has 0 radical (unpaired) electrons. The summed E-state index contributed by atoms with van der Waals surface area (Å²) in [6.07, 6.45) is 41.3. The predicted octanol–water partition coefficient (Wildman–Crippen LogP) is 11.9. The molecule has 0 aromatic heterocycles. The Bertz CT molecular complexity index is 882. The number of esters is 1. The van der Waals surface area contributed by atoms with E-state index in [1.807, 2.05) is 0 Å². The number of carbonyl (C=O) groups excluding carboxylic acids is 1. The van der Waals surface area contributed by atoms with Crippen LogP contribution >= 0.6 is 7.82 Å². The standard InChI is InChI=1S/C43H83O9P/c1-3-5-7-9-11-13-15-17-19-20-21-23-25-27-29-31-33-35-43(46)52-42(40-51-53(47,48)50-38-41(45)37-44)39-49-36-34-32-30-28-26-24-22-18-16-14-12-10-8-6-4-2/h10,12,16,18,41-42,44-45H,3-9,11,13-15,17,19-40H2,1-2H3,(H,47,48)/b12-10-,18-16-. The zero-order valence-corrected chi connectivity index (χ0v) is 35.1. The van der Waals surface area contributed by atoms with Gasteiger partial charge in [0, 0.05) is 13.0 Å². The van der Waals surface area contributed by atoms with Crippen LogP contribution in [0.2, 0.25) is 0 Å². The molecule has 10 heteroatoms. The first-order valence-electron chi connectivity index (χ1n) is 21.8. The molecule has 0 saturated carbocycles. The molecule has 3 N–H and O–H groups in total. The minimum absolute atomic E-state index is 0.0458. The molecule has 0 saturated heterocycles. The molecule has 0 spiro atoms. The Morgan fingerprint density at radius 2 is 1.04 bits per heavy atom. The maximum atomic E-state index is 12.6. The summed E-state index contributed by atoms with van der Waals surface area (Å²) in [6.45, 7) is 3.48. The van der Waals surface area contributed by atoms with Gasteiger partial charge in [0.25, 0.3) is 0 Å². The lowest BCUT2D eigenvalue weighted by molar-refractivity contribution is -0.154. The molecular formula is C43H83O9P. The van der Waals surface area contributed by atoms with Crippen molar-refractivity contribution in [3.8, 4) is 0 Å². The molecule has 0 aromatic carbocycles. The van der Waals surface area contributed by atoms with Gasteiger partial charge in [-0.05, 0) is 38.5 Å². The molecule has 0 aliphatic rings. The second-order valence-electron chi connectivity index (χ2n) is 14.7. The number of carbonyl (C=O) groups is 1. The van der Waals surface area contributed by atoms with Crippen LogP contribution in [0, 0.1) is 0 Å². The third-order valence-corrected chi connectivity index (χ3v) is 10.3. The van der Waals surface area contributed by atoms with E-state index in [0.717, 1.165) is 51.4 Å². The highest BCUT2D eigenvalue weighted by Gasteiger charge is 2.26. The molecule has 314 valence electrons. The van der Waals surface area contributed by atoms with Crippen molar-refractivity contribution in [3.05, 3.63) is 24.3 Å². The number of unbranched alkanes of at least 4 members (excludes halogenated alkanes) is 24. The molecule has 0 aliphatic heterocycles. The van der Waals surface area contributed by atoms with E-state index in [0.29, 0.717) is 6.61 Å². The van der Waals surface area contributed by atoms with Gasteiger partial charge in [0.2, 0.25) is 0 Å². The SMILES string of the molecule is CCCC/C=C\C/C=C\CCCCCCCCOCC(COP(=O)(O)OCC(O)CO)OC(=O)CCCCCCCCCCCCCCCCCCC. The molecule has 0 rings (SSSR count). The molecule has 0 heterocycles. The van der Waals surface area contributed by atoms with Crippen molar-refractivity contribution in [1.82, 2.24) is 0 Å². The number of hydrogen-bond acceptors (Lipinski definition) is 8. The second-order valence-corrected chi connectivity index (χ2v) is 16.2. The molecule has 3 atom stereocenters. The predicted molar refractivity (Wildman–Crippen MR) is 219 cm³/mol. The number of phosphoric ester groups is 1. The van der Waals surface area contributed by atoms with E-state index in [1.165, 1.54) is 128 Å². The monoisotopic (exact) mass is 775 g/mol. The van der Waals surface area contributed by atoms with Gasteiger partial charge in [0.15, 0.2) is 0 Å². The maximum Gasteiger partial charge on any atom is 0.472 e. The number of allylic oxidation sites excluding steroid dienone is 4. The van der Waals surface area contributed by atoms with Gasteiger partial charge in [-0.25, -0.2) is 4.57 Å². The summed E-state index contributed by atoms with van der Waals surface area (Å²) >= 11 is 0. The third-order valence-electron chi connectivity index (χ3n) is 9.39. The lowest BCUT2D eigenvalue weighted by Crippen LogP contribution is -2.29. The van der Waals surface area contributed by atoms with E-state index in [9.17, 15) is 19.4 Å². The van der Waals surface area contributed by atoms with Gasteiger partial charge in [-0.1, -0.05) is 179 Å². The molecule has 3 unspecified atom stereocenters. The number of ether oxygens (including phenoxy) is 2. The Hall–Kier alpha value is -1.06. The summed E-state index contributed by atoms with van der Waals surface area (Å²) in [5.41, 5.74) is 0. The summed E-state index contributed by atoms with van der Waals surface area (Å²) in [4.78, 5) is 22.6. The van der Waals surface area contributed by atoms with Crippen LogP contribution in [0.4, 0.5) is 0 Å². The summed E-state index contributed by atoms with van der Waals surface area (Å²) in [5, 5.41) is 18.3. The summed E-state index contributed by atoms with van der Waals surface area (Å²) in [7, 11) is -4.52. The number of rotatable bonds is 42. The Kier molecular flexibility index (Phi) is 39.8. The molecule has 0 bridgehead atoms. The lowest BCUT2D eigenvalue weighted by atomic mass is 10.0. The van der Waals surface area contributed by atoms with Crippen molar-refractivity contribution in [3.63, 3.8) is 0 Å². The number of aliphatic hydroxyl groups excluding tert-OH is 2. The molecule has 9 nitrogen and oxygen atoms in total. The van der Waals surface area contributed by atoms with Gasteiger partial charge in [0.1, 0.15) is 12.2 Å². The minimum Gasteiger partial charge on any atom is -0.457 e. The zero-order valence-electron chi connectivity index (χ0n) is 34.2. The fourth-order valence-electron chi connectivity index (χ4n) is 6.02. The molecule has 0 amide bonds. The van der Waals surface area contributed by atoms with Gasteiger partial charge in [0.05, 0.1) is 26.4 Å². The van der Waals surface area contributed by atoms with Gasteiger partial charge in [-0.2, -0.15) is 0 Å². The first kappa shape index (κ1) is 51.9. The molecule has 0 aliphatic carbocycles. The van der Waals surface area contributed by atoms with E-state index in [4.69, 9.17) is 23.6 Å². The van der Waals surface area contributed by atoms with Crippen molar-refractivity contribution in [2.24, 2.45) is 0 Å². The molecular weight excluding hydrogens is 691 g/mol. The Balaban J connectivity index is 4.15. The summed E-state index contributed by atoms with van der Waals surface area (Å²) in [6, 6.07) is 0. The van der Waals surface area contributed by atoms with Crippen LogP contribution in [0.15, 0.2) is 24.3 Å². The van der Waals surface area contributed by atoms with Crippen molar-refractivity contribution in [2.75, 3.05) is 33.0 Å². The van der Waals surface area contributed by atoms with E-state index < -0.39 is 33.2 Å². The van der Waals surface area contributed by atoms with Crippen LogP contribution in [-0.2, 0) is 27.9 Å². The Morgan fingerprint density at radius 1 is 0.585 bits per heavy atom. The van der Waals surface area contributed by atoms with E-state index >= 15 is 0 Å². The van der Waals surface area contributed by atoms with Crippen LogP contribution in [-0.4, -0.2) is 66.3 Å². The summed E-state index contributed by atoms with van der Waals surface area (Å²) in [5.74, 6) is -0.383. The van der Waals surface area contributed by atoms with Crippen LogP contribution in [0.5, 0.6) is 0 Å². The highest BCUT2D eigenvalue weighted by atomic mass is 31.2. The van der Waals surface area contributed by atoms with Crippen molar-refractivity contribution in [1.29, 1.82) is 0 Å². The third kappa shape index (κ3) is 40.4.